The van der Waals surface area contributed by atoms with Crippen molar-refractivity contribution in [3.63, 3.8) is 0 Å². The third-order valence-electron chi connectivity index (χ3n) is 3.71. The molecule has 1 aliphatic carbocycles. The van der Waals surface area contributed by atoms with Crippen LogP contribution in [0.1, 0.15) is 45.4 Å². The zero-order valence-corrected chi connectivity index (χ0v) is 9.30. The summed E-state index contributed by atoms with van der Waals surface area (Å²) in [7, 11) is 0. The third-order valence-corrected chi connectivity index (χ3v) is 3.71. The molecule has 0 atom stereocenters. The second-order valence-electron chi connectivity index (χ2n) is 5.01. The van der Waals surface area contributed by atoms with Gasteiger partial charge in [0.05, 0.1) is 0 Å². The molecule has 2 aliphatic rings. The lowest BCUT2D eigenvalue weighted by Crippen LogP contribution is -2.43. The van der Waals surface area contributed by atoms with Crippen LogP contribution >= 0.6 is 0 Å². The van der Waals surface area contributed by atoms with E-state index in [-0.39, 0.29) is 0 Å². The van der Waals surface area contributed by atoms with Crippen LogP contribution in [0, 0.1) is 5.92 Å². The van der Waals surface area contributed by atoms with Gasteiger partial charge in [0.25, 0.3) is 0 Å². The molecule has 0 aromatic rings. The zero-order valence-electron chi connectivity index (χ0n) is 9.30. The Bertz CT molecular complexity index is 158. The molecule has 0 amide bonds. The molecule has 1 N–H and O–H groups in total. The highest BCUT2D eigenvalue weighted by Gasteiger charge is 2.21. The first kappa shape index (κ1) is 10.4. The van der Waals surface area contributed by atoms with Crippen molar-refractivity contribution in [2.24, 2.45) is 5.92 Å². The van der Waals surface area contributed by atoms with E-state index in [1.54, 1.807) is 0 Å². The quantitative estimate of drug-likeness (QED) is 0.733. The van der Waals surface area contributed by atoms with Crippen molar-refractivity contribution in [2.75, 3.05) is 13.2 Å². The Morgan fingerprint density at radius 2 is 1.43 bits per heavy atom. The smallest absolute Gasteiger partial charge is 0.0480 e. The van der Waals surface area contributed by atoms with Crippen LogP contribution in [-0.2, 0) is 4.74 Å². The van der Waals surface area contributed by atoms with E-state index in [1.807, 2.05) is 0 Å². The van der Waals surface area contributed by atoms with Crippen LogP contribution in [0.5, 0.6) is 0 Å². The number of nitrogens with one attached hydrogen (secondary N) is 1. The second-order valence-corrected chi connectivity index (χ2v) is 5.01. The standard InChI is InChI=1S/C12H23NO/c1-10-2-4-11(5-3-10)13-12-6-8-14-9-7-12/h10-13H,2-9H2,1H3/t10-,11+. The molecule has 2 nitrogen and oxygen atoms in total. The molecule has 0 spiro atoms. The normalized spacial score (nSPS) is 35.8. The molecule has 0 bridgehead atoms. The van der Waals surface area contributed by atoms with Gasteiger partial charge in [0.1, 0.15) is 0 Å². The molecule has 1 aliphatic heterocycles. The lowest BCUT2D eigenvalue weighted by Gasteiger charge is -2.32. The van der Waals surface area contributed by atoms with Crippen LogP contribution < -0.4 is 5.32 Å². The van der Waals surface area contributed by atoms with E-state index in [1.165, 1.54) is 38.5 Å². The van der Waals surface area contributed by atoms with Crippen molar-refractivity contribution in [3.8, 4) is 0 Å². The Hall–Kier alpha value is -0.0800. The molecule has 2 heteroatoms. The highest BCUT2D eigenvalue weighted by Crippen LogP contribution is 2.24. The van der Waals surface area contributed by atoms with E-state index in [0.717, 1.165) is 31.2 Å². The van der Waals surface area contributed by atoms with Crippen LogP contribution in [-0.4, -0.2) is 25.3 Å². The van der Waals surface area contributed by atoms with Gasteiger partial charge >= 0.3 is 0 Å². The monoisotopic (exact) mass is 197 g/mol. The first-order chi connectivity index (χ1) is 6.84. The molecule has 1 saturated heterocycles. The summed E-state index contributed by atoms with van der Waals surface area (Å²) in [6, 6.07) is 1.54. The van der Waals surface area contributed by atoms with Gasteiger partial charge in [-0.2, -0.15) is 0 Å². The van der Waals surface area contributed by atoms with Gasteiger partial charge in [0.15, 0.2) is 0 Å². The second kappa shape index (κ2) is 5.13. The minimum Gasteiger partial charge on any atom is -0.381 e. The van der Waals surface area contributed by atoms with Crippen molar-refractivity contribution in [2.45, 2.75) is 57.5 Å². The molecule has 1 saturated carbocycles. The molecule has 0 aromatic heterocycles. The fourth-order valence-electron chi connectivity index (χ4n) is 2.62. The van der Waals surface area contributed by atoms with E-state index >= 15 is 0 Å². The van der Waals surface area contributed by atoms with E-state index in [2.05, 4.69) is 12.2 Å². The number of hydrogen-bond acceptors (Lipinski definition) is 2. The van der Waals surface area contributed by atoms with E-state index in [9.17, 15) is 0 Å². The Morgan fingerprint density at radius 3 is 2.07 bits per heavy atom. The SMILES string of the molecule is C[C@H]1CC[C@@H](NC2CCOCC2)CC1. The maximum atomic E-state index is 5.37. The Labute approximate surface area is 87.4 Å². The van der Waals surface area contributed by atoms with Crippen LogP contribution in [0.4, 0.5) is 0 Å². The van der Waals surface area contributed by atoms with Crippen LogP contribution in [0.15, 0.2) is 0 Å². The molecular formula is C12H23NO. The molecule has 1 heterocycles. The van der Waals surface area contributed by atoms with Gasteiger partial charge in [0.2, 0.25) is 0 Å². The summed E-state index contributed by atoms with van der Waals surface area (Å²) in [6.07, 6.45) is 8.04. The van der Waals surface area contributed by atoms with E-state index in [0.29, 0.717) is 0 Å². The highest BCUT2D eigenvalue weighted by atomic mass is 16.5. The summed E-state index contributed by atoms with van der Waals surface area (Å²) >= 11 is 0. The Kier molecular flexibility index (Phi) is 3.82. The average molecular weight is 197 g/mol. The van der Waals surface area contributed by atoms with Gasteiger partial charge in [-0.25, -0.2) is 0 Å². The summed E-state index contributed by atoms with van der Waals surface area (Å²) in [5.41, 5.74) is 0. The van der Waals surface area contributed by atoms with Gasteiger partial charge in [-0.15, -0.1) is 0 Å². The van der Waals surface area contributed by atoms with E-state index < -0.39 is 0 Å². The summed E-state index contributed by atoms with van der Waals surface area (Å²) < 4.78 is 5.37. The topological polar surface area (TPSA) is 21.3 Å². The van der Waals surface area contributed by atoms with Crippen molar-refractivity contribution in [3.05, 3.63) is 0 Å². The fourth-order valence-corrected chi connectivity index (χ4v) is 2.62. The Balaban J connectivity index is 1.68. The van der Waals surface area contributed by atoms with Gasteiger partial charge in [-0.05, 0) is 44.4 Å². The van der Waals surface area contributed by atoms with E-state index in [4.69, 9.17) is 4.74 Å². The Morgan fingerprint density at radius 1 is 0.857 bits per heavy atom. The molecule has 0 radical (unpaired) electrons. The third kappa shape index (κ3) is 2.96. The number of ether oxygens (including phenoxy) is 1. The summed E-state index contributed by atoms with van der Waals surface area (Å²) in [4.78, 5) is 0. The molecular weight excluding hydrogens is 174 g/mol. The first-order valence-electron chi connectivity index (χ1n) is 6.18. The highest BCUT2D eigenvalue weighted by molar-refractivity contribution is 4.80. The van der Waals surface area contributed by atoms with Crippen molar-refractivity contribution in [1.29, 1.82) is 0 Å². The molecule has 0 unspecified atom stereocenters. The van der Waals surface area contributed by atoms with Gasteiger partial charge in [0, 0.05) is 25.3 Å². The molecule has 14 heavy (non-hydrogen) atoms. The average Bonchev–Trinajstić information content (AvgIpc) is 2.23. The molecule has 2 rings (SSSR count). The summed E-state index contributed by atoms with van der Waals surface area (Å²) in [6.45, 7) is 4.30. The first-order valence-corrected chi connectivity index (χ1v) is 6.18. The summed E-state index contributed by atoms with van der Waals surface area (Å²) in [5, 5.41) is 3.80. The van der Waals surface area contributed by atoms with Gasteiger partial charge in [-0.3, -0.25) is 0 Å². The number of rotatable bonds is 2. The van der Waals surface area contributed by atoms with Gasteiger partial charge in [-0.1, -0.05) is 6.92 Å². The fraction of sp³-hybridized carbons (Fsp3) is 1.00. The van der Waals surface area contributed by atoms with Crippen LogP contribution in [0.25, 0.3) is 0 Å². The van der Waals surface area contributed by atoms with Gasteiger partial charge < -0.3 is 10.1 Å². The summed E-state index contributed by atoms with van der Waals surface area (Å²) in [5.74, 6) is 0.961. The molecule has 2 fully saturated rings. The molecule has 82 valence electrons. The predicted molar refractivity (Wildman–Crippen MR) is 58.4 cm³/mol. The maximum absolute atomic E-state index is 5.37. The minimum absolute atomic E-state index is 0.738. The van der Waals surface area contributed by atoms with Crippen LogP contribution in [0.2, 0.25) is 0 Å². The molecule has 0 aromatic carbocycles. The van der Waals surface area contributed by atoms with Crippen molar-refractivity contribution in [1.82, 2.24) is 5.32 Å². The largest absolute Gasteiger partial charge is 0.381 e. The lowest BCUT2D eigenvalue weighted by atomic mass is 9.87. The zero-order chi connectivity index (χ0) is 9.80. The lowest BCUT2D eigenvalue weighted by molar-refractivity contribution is 0.0724. The van der Waals surface area contributed by atoms with Crippen molar-refractivity contribution >= 4 is 0 Å². The maximum Gasteiger partial charge on any atom is 0.0480 e. The minimum atomic E-state index is 0.738. The number of hydrogen-bond donors (Lipinski definition) is 1. The van der Waals surface area contributed by atoms with Crippen LogP contribution in [0.3, 0.4) is 0 Å². The predicted octanol–water partition coefficient (Wildman–Crippen LogP) is 2.33. The van der Waals surface area contributed by atoms with Crippen molar-refractivity contribution < 1.29 is 4.74 Å².